The molecule has 2 aromatic rings. The van der Waals surface area contributed by atoms with Crippen molar-refractivity contribution in [2.24, 2.45) is 0 Å². The van der Waals surface area contributed by atoms with Gasteiger partial charge in [0.15, 0.2) is 0 Å². The van der Waals surface area contributed by atoms with Crippen molar-refractivity contribution in [3.63, 3.8) is 0 Å². The van der Waals surface area contributed by atoms with Gasteiger partial charge in [-0.25, -0.2) is 0 Å². The molecule has 2 atom stereocenters. The van der Waals surface area contributed by atoms with Crippen LogP contribution >= 0.6 is 0 Å². The van der Waals surface area contributed by atoms with Crippen LogP contribution in [-0.2, 0) is 4.74 Å². The van der Waals surface area contributed by atoms with Crippen LogP contribution in [-0.4, -0.2) is 68.3 Å². The molecule has 3 rings (SSSR count). The molecule has 0 bridgehead atoms. The Morgan fingerprint density at radius 1 is 1.03 bits per heavy atom. The smallest absolute Gasteiger partial charge is 0.253 e. The van der Waals surface area contributed by atoms with E-state index in [9.17, 15) is 4.79 Å². The Hall–Kier alpha value is -2.37. The van der Waals surface area contributed by atoms with Crippen molar-refractivity contribution >= 4 is 5.91 Å². The Kier molecular flexibility index (Phi) is 7.29. The summed E-state index contributed by atoms with van der Waals surface area (Å²) in [7, 11) is 3.40. The highest BCUT2D eigenvalue weighted by Crippen LogP contribution is 2.31. The first-order chi connectivity index (χ1) is 14.0. The molecule has 0 aromatic heterocycles. The number of hydrogen-bond acceptors (Lipinski definition) is 4. The highest BCUT2D eigenvalue weighted by atomic mass is 16.5. The van der Waals surface area contributed by atoms with Gasteiger partial charge in [0.2, 0.25) is 0 Å². The second-order valence-electron chi connectivity index (χ2n) is 7.77. The van der Waals surface area contributed by atoms with Crippen molar-refractivity contribution in [2.45, 2.75) is 32.4 Å². The number of hydrogen-bond donors (Lipinski definition) is 0. The number of carbonyl (C=O) groups excluding carboxylic acids is 1. The fourth-order valence-electron chi connectivity index (χ4n) is 4.22. The van der Waals surface area contributed by atoms with Crippen LogP contribution in [0.15, 0.2) is 48.5 Å². The lowest BCUT2D eigenvalue weighted by molar-refractivity contribution is 0.0270. The highest BCUT2D eigenvalue weighted by Gasteiger charge is 2.32. The molecule has 1 aliphatic rings. The molecule has 1 aliphatic heterocycles. The van der Waals surface area contributed by atoms with Gasteiger partial charge >= 0.3 is 0 Å². The quantitative estimate of drug-likeness (QED) is 0.665. The van der Waals surface area contributed by atoms with Crippen LogP contribution in [0, 0.1) is 0 Å². The van der Waals surface area contributed by atoms with Gasteiger partial charge in [0.05, 0.1) is 7.11 Å². The third kappa shape index (κ3) is 4.98. The predicted molar refractivity (Wildman–Crippen MR) is 116 cm³/mol. The molecule has 2 unspecified atom stereocenters. The number of nitrogens with zero attached hydrogens (tertiary/aromatic N) is 2. The number of methoxy groups -OCH3 is 2. The minimum absolute atomic E-state index is 0.0834. The largest absolute Gasteiger partial charge is 0.496 e. The Morgan fingerprint density at radius 2 is 1.72 bits per heavy atom. The topological polar surface area (TPSA) is 42.0 Å². The summed E-state index contributed by atoms with van der Waals surface area (Å²) in [5.74, 6) is 0.859. The summed E-state index contributed by atoms with van der Waals surface area (Å²) in [5.41, 5.74) is 2.69. The van der Waals surface area contributed by atoms with Gasteiger partial charge in [0.25, 0.3) is 5.91 Å². The maximum atomic E-state index is 13.3. The van der Waals surface area contributed by atoms with Crippen LogP contribution in [0.2, 0.25) is 0 Å². The monoisotopic (exact) mass is 396 g/mol. The Balaban J connectivity index is 1.77. The Bertz CT molecular complexity index is 797. The lowest BCUT2D eigenvalue weighted by Crippen LogP contribution is -2.58. The number of piperazine rings is 1. The summed E-state index contributed by atoms with van der Waals surface area (Å²) < 4.78 is 10.7. The van der Waals surface area contributed by atoms with E-state index in [1.165, 1.54) is 0 Å². The van der Waals surface area contributed by atoms with Crippen LogP contribution in [0.5, 0.6) is 5.75 Å². The first-order valence-electron chi connectivity index (χ1n) is 10.3. The molecule has 29 heavy (non-hydrogen) atoms. The SMILES string of the molecule is COCCCN1C(C)CN(C(=O)c2ccc(OC)c(-c3ccccc3)c2)CC1C. The van der Waals surface area contributed by atoms with E-state index < -0.39 is 0 Å². The van der Waals surface area contributed by atoms with Gasteiger partial charge in [-0.05, 0) is 44.0 Å². The van der Waals surface area contributed by atoms with Crippen molar-refractivity contribution in [2.75, 3.05) is 40.5 Å². The van der Waals surface area contributed by atoms with Gasteiger partial charge in [-0.3, -0.25) is 9.69 Å². The van der Waals surface area contributed by atoms with Gasteiger partial charge in [0.1, 0.15) is 5.75 Å². The average Bonchev–Trinajstić information content (AvgIpc) is 2.75. The van der Waals surface area contributed by atoms with Crippen molar-refractivity contribution in [3.05, 3.63) is 54.1 Å². The zero-order valence-corrected chi connectivity index (χ0v) is 17.9. The highest BCUT2D eigenvalue weighted by molar-refractivity contribution is 5.96. The van der Waals surface area contributed by atoms with Crippen LogP contribution in [0.1, 0.15) is 30.6 Å². The van der Waals surface area contributed by atoms with Gasteiger partial charge in [-0.1, -0.05) is 30.3 Å². The molecule has 1 saturated heterocycles. The molecule has 5 heteroatoms. The van der Waals surface area contributed by atoms with Crippen molar-refractivity contribution in [1.82, 2.24) is 9.80 Å². The second-order valence-corrected chi connectivity index (χ2v) is 7.77. The summed E-state index contributed by atoms with van der Waals surface area (Å²) in [6.07, 6.45) is 1.01. The summed E-state index contributed by atoms with van der Waals surface area (Å²) in [4.78, 5) is 17.8. The zero-order chi connectivity index (χ0) is 20.8. The molecule has 1 heterocycles. The predicted octanol–water partition coefficient (Wildman–Crippen LogP) is 3.93. The zero-order valence-electron chi connectivity index (χ0n) is 17.9. The fourth-order valence-corrected chi connectivity index (χ4v) is 4.22. The normalized spacial score (nSPS) is 19.9. The fraction of sp³-hybridized carbons (Fsp3) is 0.458. The maximum Gasteiger partial charge on any atom is 0.253 e. The molecule has 1 amide bonds. The molecular formula is C24H32N2O3. The summed E-state index contributed by atoms with van der Waals surface area (Å²) in [6.45, 7) is 7.65. The van der Waals surface area contributed by atoms with Crippen LogP contribution < -0.4 is 4.74 Å². The minimum Gasteiger partial charge on any atom is -0.496 e. The third-order valence-corrected chi connectivity index (χ3v) is 5.68. The van der Waals surface area contributed by atoms with Gasteiger partial charge in [-0.2, -0.15) is 0 Å². The molecule has 0 spiro atoms. The van der Waals surface area contributed by atoms with E-state index in [-0.39, 0.29) is 5.91 Å². The summed E-state index contributed by atoms with van der Waals surface area (Å²) in [5, 5.41) is 0. The van der Waals surface area contributed by atoms with Crippen molar-refractivity contribution in [3.8, 4) is 16.9 Å². The lowest BCUT2D eigenvalue weighted by atomic mass is 10.0. The first kappa shape index (κ1) is 21.3. The lowest BCUT2D eigenvalue weighted by Gasteiger charge is -2.44. The van der Waals surface area contributed by atoms with Gasteiger partial charge in [-0.15, -0.1) is 0 Å². The standard InChI is InChI=1S/C24H32N2O3/c1-18-16-25(17-19(2)26(18)13-8-14-28-3)24(27)21-11-12-23(29-4)22(15-21)20-9-6-5-7-10-20/h5-7,9-12,15,18-19H,8,13-14,16-17H2,1-4H3. The van der Waals surface area contributed by atoms with E-state index in [0.29, 0.717) is 17.6 Å². The van der Waals surface area contributed by atoms with E-state index in [1.54, 1.807) is 14.2 Å². The second kappa shape index (κ2) is 9.90. The van der Waals surface area contributed by atoms with Crippen LogP contribution in [0.4, 0.5) is 0 Å². The average molecular weight is 397 g/mol. The number of rotatable bonds is 7. The van der Waals surface area contributed by atoms with Crippen molar-refractivity contribution in [1.29, 1.82) is 0 Å². The van der Waals surface area contributed by atoms with E-state index in [4.69, 9.17) is 9.47 Å². The molecule has 0 N–H and O–H groups in total. The minimum atomic E-state index is 0.0834. The molecule has 0 saturated carbocycles. The molecule has 5 nitrogen and oxygen atoms in total. The molecule has 2 aromatic carbocycles. The molecule has 1 fully saturated rings. The molecule has 156 valence electrons. The Labute approximate surface area is 174 Å². The van der Waals surface area contributed by atoms with E-state index in [2.05, 4.69) is 18.7 Å². The summed E-state index contributed by atoms with van der Waals surface area (Å²) >= 11 is 0. The number of carbonyl (C=O) groups is 1. The number of amides is 1. The van der Waals surface area contributed by atoms with Crippen LogP contribution in [0.3, 0.4) is 0 Å². The third-order valence-electron chi connectivity index (χ3n) is 5.68. The van der Waals surface area contributed by atoms with Gasteiger partial charge < -0.3 is 14.4 Å². The maximum absolute atomic E-state index is 13.3. The van der Waals surface area contributed by atoms with Gasteiger partial charge in [0, 0.05) is 56.6 Å². The van der Waals surface area contributed by atoms with Crippen molar-refractivity contribution < 1.29 is 14.3 Å². The molecular weight excluding hydrogens is 364 g/mol. The van der Waals surface area contributed by atoms with E-state index >= 15 is 0 Å². The molecule has 0 radical (unpaired) electrons. The van der Waals surface area contributed by atoms with E-state index in [1.807, 2.05) is 53.4 Å². The Morgan fingerprint density at radius 3 is 2.34 bits per heavy atom. The number of ether oxygens (including phenoxy) is 2. The van der Waals surface area contributed by atoms with E-state index in [0.717, 1.165) is 49.5 Å². The summed E-state index contributed by atoms with van der Waals surface area (Å²) in [6, 6.07) is 16.4. The first-order valence-corrected chi connectivity index (χ1v) is 10.3. The molecule has 0 aliphatic carbocycles. The number of benzene rings is 2. The van der Waals surface area contributed by atoms with Crippen LogP contribution in [0.25, 0.3) is 11.1 Å².